The Morgan fingerprint density at radius 3 is 2.46 bits per heavy atom. The van der Waals surface area contributed by atoms with Crippen LogP contribution < -0.4 is 16.8 Å². The minimum atomic E-state index is 0.490. The monoisotopic (exact) mass is 189 g/mol. The van der Waals surface area contributed by atoms with Gasteiger partial charge in [0.15, 0.2) is 0 Å². The van der Waals surface area contributed by atoms with Gasteiger partial charge in [-0.3, -0.25) is 0 Å². The van der Waals surface area contributed by atoms with Crippen molar-refractivity contribution >= 4 is 0 Å². The second-order valence-electron chi connectivity index (χ2n) is 3.22. The van der Waals surface area contributed by atoms with Crippen LogP contribution in [0, 0.1) is 5.92 Å². The molecule has 80 valence electrons. The summed E-state index contributed by atoms with van der Waals surface area (Å²) in [7, 11) is 1.71. The van der Waals surface area contributed by atoms with Crippen LogP contribution in [0.4, 0.5) is 0 Å². The van der Waals surface area contributed by atoms with Crippen LogP contribution in [0.2, 0.25) is 0 Å². The van der Waals surface area contributed by atoms with Gasteiger partial charge >= 0.3 is 0 Å². The Morgan fingerprint density at radius 1 is 1.23 bits per heavy atom. The van der Waals surface area contributed by atoms with Gasteiger partial charge in [-0.1, -0.05) is 0 Å². The van der Waals surface area contributed by atoms with Crippen LogP contribution in [0.25, 0.3) is 0 Å². The molecule has 0 aromatic heterocycles. The molecule has 0 spiro atoms. The van der Waals surface area contributed by atoms with E-state index < -0.39 is 0 Å². The fourth-order valence-corrected chi connectivity index (χ4v) is 1.15. The molecule has 0 aliphatic carbocycles. The first kappa shape index (κ1) is 12.8. The molecule has 0 saturated heterocycles. The first-order valence-electron chi connectivity index (χ1n) is 4.95. The lowest BCUT2D eigenvalue weighted by atomic mass is 10.0. The molecule has 13 heavy (non-hydrogen) atoms. The second kappa shape index (κ2) is 9.92. The quantitative estimate of drug-likeness (QED) is 0.429. The lowest BCUT2D eigenvalue weighted by Crippen LogP contribution is -2.25. The molecule has 0 unspecified atom stereocenters. The molecular weight excluding hydrogens is 166 g/mol. The van der Waals surface area contributed by atoms with E-state index in [-0.39, 0.29) is 0 Å². The summed E-state index contributed by atoms with van der Waals surface area (Å²) in [6.07, 6.45) is 2.26. The van der Waals surface area contributed by atoms with E-state index in [1.54, 1.807) is 7.11 Å². The van der Waals surface area contributed by atoms with Crippen molar-refractivity contribution in [1.29, 1.82) is 0 Å². The SMILES string of the molecule is COCCNCCCC(CN)CN. The molecule has 0 heterocycles. The van der Waals surface area contributed by atoms with E-state index in [1.165, 1.54) is 0 Å². The highest BCUT2D eigenvalue weighted by Crippen LogP contribution is 2.01. The molecule has 0 saturated carbocycles. The van der Waals surface area contributed by atoms with Crippen molar-refractivity contribution < 1.29 is 4.74 Å². The van der Waals surface area contributed by atoms with Crippen LogP contribution in [0.15, 0.2) is 0 Å². The molecule has 0 rings (SSSR count). The first-order valence-corrected chi connectivity index (χ1v) is 4.95. The summed E-state index contributed by atoms with van der Waals surface area (Å²) in [5, 5.41) is 3.28. The summed E-state index contributed by atoms with van der Waals surface area (Å²) in [5.41, 5.74) is 11.1. The van der Waals surface area contributed by atoms with Crippen molar-refractivity contribution in [3.8, 4) is 0 Å². The molecule has 5 N–H and O–H groups in total. The van der Waals surface area contributed by atoms with E-state index in [9.17, 15) is 0 Å². The fraction of sp³-hybridized carbons (Fsp3) is 1.00. The minimum absolute atomic E-state index is 0.490. The van der Waals surface area contributed by atoms with Gasteiger partial charge in [-0.05, 0) is 38.4 Å². The van der Waals surface area contributed by atoms with Crippen molar-refractivity contribution in [3.63, 3.8) is 0 Å². The Kier molecular flexibility index (Phi) is 9.80. The summed E-state index contributed by atoms with van der Waals surface area (Å²) in [6.45, 7) is 4.13. The van der Waals surface area contributed by atoms with Crippen LogP contribution in [0.5, 0.6) is 0 Å². The third-order valence-corrected chi connectivity index (χ3v) is 2.12. The van der Waals surface area contributed by atoms with Crippen molar-refractivity contribution in [2.45, 2.75) is 12.8 Å². The number of nitrogens with one attached hydrogen (secondary N) is 1. The fourth-order valence-electron chi connectivity index (χ4n) is 1.15. The highest BCUT2D eigenvalue weighted by atomic mass is 16.5. The minimum Gasteiger partial charge on any atom is -0.383 e. The standard InChI is InChI=1S/C9H23N3O/c1-13-6-5-12-4-2-3-9(7-10)8-11/h9,12H,2-8,10-11H2,1H3. The van der Waals surface area contributed by atoms with Gasteiger partial charge in [0, 0.05) is 13.7 Å². The van der Waals surface area contributed by atoms with Gasteiger partial charge in [0.2, 0.25) is 0 Å². The topological polar surface area (TPSA) is 73.3 Å². The average Bonchev–Trinajstić information content (AvgIpc) is 2.17. The number of methoxy groups -OCH3 is 1. The van der Waals surface area contributed by atoms with Crippen LogP contribution in [0.1, 0.15) is 12.8 Å². The van der Waals surface area contributed by atoms with Crippen molar-refractivity contribution in [2.24, 2.45) is 17.4 Å². The molecule has 4 nitrogen and oxygen atoms in total. The van der Waals surface area contributed by atoms with Crippen LogP contribution in [-0.4, -0.2) is 39.9 Å². The summed E-state index contributed by atoms with van der Waals surface area (Å²) in [5.74, 6) is 0.490. The van der Waals surface area contributed by atoms with Crippen molar-refractivity contribution in [1.82, 2.24) is 5.32 Å². The molecule has 0 radical (unpaired) electrons. The Hall–Kier alpha value is -0.160. The van der Waals surface area contributed by atoms with E-state index in [0.29, 0.717) is 19.0 Å². The number of hydrogen-bond acceptors (Lipinski definition) is 4. The zero-order valence-corrected chi connectivity index (χ0v) is 8.59. The Labute approximate surface area is 81.0 Å². The summed E-state index contributed by atoms with van der Waals surface area (Å²) in [4.78, 5) is 0. The highest BCUT2D eigenvalue weighted by molar-refractivity contribution is 4.61. The highest BCUT2D eigenvalue weighted by Gasteiger charge is 2.02. The van der Waals surface area contributed by atoms with Gasteiger partial charge in [0.05, 0.1) is 6.61 Å². The predicted octanol–water partition coefficient (Wildman–Crippen LogP) is -0.464. The molecule has 0 fully saturated rings. The average molecular weight is 189 g/mol. The molecule has 0 bridgehead atoms. The molecule has 0 atom stereocenters. The summed E-state index contributed by atoms with van der Waals surface area (Å²) in [6, 6.07) is 0. The molecule has 0 aliphatic heterocycles. The van der Waals surface area contributed by atoms with Gasteiger partial charge in [0.1, 0.15) is 0 Å². The van der Waals surface area contributed by atoms with Gasteiger partial charge in [0.25, 0.3) is 0 Å². The molecular formula is C9H23N3O. The second-order valence-corrected chi connectivity index (χ2v) is 3.22. The molecule has 4 heteroatoms. The van der Waals surface area contributed by atoms with Gasteiger partial charge in [-0.2, -0.15) is 0 Å². The third kappa shape index (κ3) is 8.18. The number of rotatable bonds is 9. The molecule has 0 amide bonds. The Balaban J connectivity index is 3.05. The maximum Gasteiger partial charge on any atom is 0.0587 e. The predicted molar refractivity (Wildman–Crippen MR) is 55.6 cm³/mol. The van der Waals surface area contributed by atoms with Crippen LogP contribution in [0.3, 0.4) is 0 Å². The number of ether oxygens (including phenoxy) is 1. The normalized spacial score (nSPS) is 11.1. The van der Waals surface area contributed by atoms with Gasteiger partial charge in [-0.25, -0.2) is 0 Å². The van der Waals surface area contributed by atoms with E-state index in [4.69, 9.17) is 16.2 Å². The van der Waals surface area contributed by atoms with Crippen LogP contribution >= 0.6 is 0 Å². The summed E-state index contributed by atoms with van der Waals surface area (Å²) >= 11 is 0. The molecule has 0 aromatic rings. The smallest absolute Gasteiger partial charge is 0.0587 e. The van der Waals surface area contributed by atoms with Gasteiger partial charge in [-0.15, -0.1) is 0 Å². The van der Waals surface area contributed by atoms with E-state index in [2.05, 4.69) is 5.32 Å². The van der Waals surface area contributed by atoms with Gasteiger partial charge < -0.3 is 21.5 Å². The van der Waals surface area contributed by atoms with E-state index in [0.717, 1.165) is 32.5 Å². The third-order valence-electron chi connectivity index (χ3n) is 2.12. The lowest BCUT2D eigenvalue weighted by molar-refractivity contribution is 0.199. The van der Waals surface area contributed by atoms with Crippen LogP contribution in [-0.2, 0) is 4.74 Å². The van der Waals surface area contributed by atoms with E-state index >= 15 is 0 Å². The lowest BCUT2D eigenvalue weighted by Gasteiger charge is -2.11. The van der Waals surface area contributed by atoms with E-state index in [1.807, 2.05) is 0 Å². The summed E-state index contributed by atoms with van der Waals surface area (Å²) < 4.78 is 4.91. The molecule has 0 aromatic carbocycles. The van der Waals surface area contributed by atoms with Crippen molar-refractivity contribution in [2.75, 3.05) is 39.9 Å². The maximum atomic E-state index is 5.53. The zero-order chi connectivity index (χ0) is 9.94. The first-order chi connectivity index (χ1) is 6.35. The number of hydrogen-bond donors (Lipinski definition) is 3. The Bertz CT molecular complexity index is 96.9. The van der Waals surface area contributed by atoms with Crippen molar-refractivity contribution in [3.05, 3.63) is 0 Å². The largest absolute Gasteiger partial charge is 0.383 e. The zero-order valence-electron chi connectivity index (χ0n) is 8.59. The Morgan fingerprint density at radius 2 is 1.92 bits per heavy atom. The molecule has 0 aliphatic rings. The maximum absolute atomic E-state index is 5.53. The number of nitrogens with two attached hydrogens (primary N) is 2.